The van der Waals surface area contributed by atoms with E-state index in [1.807, 2.05) is 43.3 Å². The molecular formula is C36H30N2O8S. The van der Waals surface area contributed by atoms with Gasteiger partial charge >= 0.3 is 5.97 Å². The minimum Gasteiger partial charge on any atom is -0.484 e. The van der Waals surface area contributed by atoms with Gasteiger partial charge in [-0.3, -0.25) is 4.79 Å². The average molecular weight is 651 g/mol. The number of fused-ring (bicyclic) bond motifs is 1. The van der Waals surface area contributed by atoms with Crippen LogP contribution in [0.5, 0.6) is 17.2 Å². The number of ether oxygens (including phenoxy) is 4. The Morgan fingerprint density at radius 3 is 2.45 bits per heavy atom. The highest BCUT2D eigenvalue weighted by molar-refractivity contribution is 7.90. The van der Waals surface area contributed by atoms with Gasteiger partial charge in [0, 0.05) is 30.1 Å². The third-order valence-corrected chi connectivity index (χ3v) is 10.9. The molecule has 238 valence electrons. The van der Waals surface area contributed by atoms with Crippen LogP contribution in [-0.2, 0) is 37.3 Å². The highest BCUT2D eigenvalue weighted by Crippen LogP contribution is 2.53. The van der Waals surface area contributed by atoms with Gasteiger partial charge in [0.2, 0.25) is 12.7 Å². The number of esters is 1. The Bertz CT molecular complexity index is 2180. The predicted molar refractivity (Wildman–Crippen MR) is 171 cm³/mol. The third-order valence-electron chi connectivity index (χ3n) is 9.19. The molecule has 0 saturated carbocycles. The standard InChI is InChI=1S/C36H30N2O8S/c1-21-8-11-25(12-9-21)47(41,42)38-19-24-16-27(36(40)43-2)37(18-22-6-4-3-5-7-22)35(39)33-32-29(15-13-26(38)31(24)32)46-34(33)23-10-14-28-30(17-23)45-20-44-28/h3-15,17,19,27,33-34H,16,18,20H2,1-2H3/t27-,33+,34-/m0/s1. The number of carbonyl (C=O) groups excluding carboxylic acids is 2. The number of aryl methyl sites for hydroxylation is 1. The van der Waals surface area contributed by atoms with Crippen molar-refractivity contribution in [1.29, 1.82) is 0 Å². The quantitative estimate of drug-likeness (QED) is 0.229. The summed E-state index contributed by atoms with van der Waals surface area (Å²) in [6.07, 6.45) is 0.810. The van der Waals surface area contributed by atoms with E-state index in [2.05, 4.69) is 0 Å². The van der Waals surface area contributed by atoms with E-state index >= 15 is 0 Å². The summed E-state index contributed by atoms with van der Waals surface area (Å²) in [5.74, 6) is -0.251. The van der Waals surface area contributed by atoms with Crippen LogP contribution < -0.4 is 14.2 Å². The van der Waals surface area contributed by atoms with Gasteiger partial charge in [-0.15, -0.1) is 0 Å². The topological polar surface area (TPSA) is 113 Å². The molecule has 0 spiro atoms. The molecule has 10 nitrogen and oxygen atoms in total. The number of benzene rings is 4. The first-order valence-electron chi connectivity index (χ1n) is 15.2. The van der Waals surface area contributed by atoms with Gasteiger partial charge in [-0.25, -0.2) is 17.2 Å². The second kappa shape index (κ2) is 10.9. The monoisotopic (exact) mass is 650 g/mol. The van der Waals surface area contributed by atoms with E-state index in [0.29, 0.717) is 44.8 Å². The van der Waals surface area contributed by atoms with Gasteiger partial charge in [0.1, 0.15) is 23.8 Å². The summed E-state index contributed by atoms with van der Waals surface area (Å²) in [4.78, 5) is 30.2. The molecule has 8 rings (SSSR count). The van der Waals surface area contributed by atoms with Crippen molar-refractivity contribution in [3.05, 3.63) is 119 Å². The summed E-state index contributed by atoms with van der Waals surface area (Å²) in [6.45, 7) is 2.11. The summed E-state index contributed by atoms with van der Waals surface area (Å²) in [5.41, 5.74) is 4.01. The van der Waals surface area contributed by atoms with Crippen molar-refractivity contribution in [2.45, 2.75) is 42.8 Å². The third kappa shape index (κ3) is 4.64. The number of aromatic nitrogens is 1. The molecule has 0 saturated heterocycles. The molecule has 0 unspecified atom stereocenters. The van der Waals surface area contributed by atoms with Crippen LogP contribution in [0.15, 0.2) is 96.0 Å². The lowest BCUT2D eigenvalue weighted by molar-refractivity contribution is -0.154. The Morgan fingerprint density at radius 1 is 0.936 bits per heavy atom. The summed E-state index contributed by atoms with van der Waals surface area (Å²) < 4.78 is 52.5. The van der Waals surface area contributed by atoms with Crippen molar-refractivity contribution < 1.29 is 37.0 Å². The molecule has 0 bridgehead atoms. The molecule has 1 amide bonds. The van der Waals surface area contributed by atoms with Crippen molar-refractivity contribution in [3.8, 4) is 17.2 Å². The number of rotatable bonds is 6. The number of nitrogens with zero attached hydrogens (tertiary/aromatic N) is 2. The smallest absolute Gasteiger partial charge is 0.328 e. The molecule has 0 N–H and O–H groups in total. The van der Waals surface area contributed by atoms with Crippen LogP contribution in [0.2, 0.25) is 0 Å². The van der Waals surface area contributed by atoms with Gasteiger partial charge in [-0.2, -0.15) is 0 Å². The molecule has 11 heteroatoms. The second-order valence-electron chi connectivity index (χ2n) is 12.0. The van der Waals surface area contributed by atoms with E-state index in [1.165, 1.54) is 16.0 Å². The lowest BCUT2D eigenvalue weighted by Gasteiger charge is -2.35. The Morgan fingerprint density at radius 2 is 1.68 bits per heavy atom. The maximum Gasteiger partial charge on any atom is 0.328 e. The molecule has 4 heterocycles. The van der Waals surface area contributed by atoms with E-state index in [9.17, 15) is 18.0 Å². The van der Waals surface area contributed by atoms with Gasteiger partial charge in [-0.05, 0) is 60.0 Å². The average Bonchev–Trinajstić information content (AvgIpc) is 3.81. The molecule has 4 aromatic carbocycles. The molecule has 3 atom stereocenters. The highest BCUT2D eigenvalue weighted by Gasteiger charge is 2.49. The van der Waals surface area contributed by atoms with Gasteiger partial charge in [0.05, 0.1) is 17.5 Å². The molecule has 1 aromatic heterocycles. The van der Waals surface area contributed by atoms with Crippen LogP contribution in [0.4, 0.5) is 0 Å². The zero-order valence-corrected chi connectivity index (χ0v) is 26.4. The maximum absolute atomic E-state index is 15.0. The van der Waals surface area contributed by atoms with Crippen LogP contribution in [0.3, 0.4) is 0 Å². The van der Waals surface area contributed by atoms with Crippen LogP contribution >= 0.6 is 0 Å². The first kappa shape index (κ1) is 29.1. The summed E-state index contributed by atoms with van der Waals surface area (Å²) in [6, 6.07) is 23.9. The number of methoxy groups -OCH3 is 1. The van der Waals surface area contributed by atoms with E-state index in [4.69, 9.17) is 18.9 Å². The Labute approximate surface area is 271 Å². The summed E-state index contributed by atoms with van der Waals surface area (Å²) >= 11 is 0. The van der Waals surface area contributed by atoms with Crippen LogP contribution in [0, 0.1) is 6.92 Å². The lowest BCUT2D eigenvalue weighted by atomic mass is 9.84. The fourth-order valence-electron chi connectivity index (χ4n) is 6.90. The van der Waals surface area contributed by atoms with Crippen molar-refractivity contribution >= 4 is 32.8 Å². The van der Waals surface area contributed by atoms with Gasteiger partial charge in [-0.1, -0.05) is 54.1 Å². The van der Waals surface area contributed by atoms with Crippen molar-refractivity contribution in [3.63, 3.8) is 0 Å². The maximum atomic E-state index is 15.0. The van der Waals surface area contributed by atoms with Crippen molar-refractivity contribution in [1.82, 2.24) is 8.87 Å². The summed E-state index contributed by atoms with van der Waals surface area (Å²) in [7, 11) is -2.77. The summed E-state index contributed by atoms with van der Waals surface area (Å²) in [5, 5.41) is 0.577. The molecule has 3 aliphatic rings. The van der Waals surface area contributed by atoms with E-state index in [1.54, 1.807) is 54.7 Å². The van der Waals surface area contributed by atoms with Crippen LogP contribution in [-0.4, -0.2) is 49.1 Å². The van der Waals surface area contributed by atoms with E-state index in [-0.39, 0.29) is 30.6 Å². The Kier molecular flexibility index (Phi) is 6.76. The largest absolute Gasteiger partial charge is 0.484 e. The second-order valence-corrected chi connectivity index (χ2v) is 13.8. The fourth-order valence-corrected chi connectivity index (χ4v) is 8.28. The van der Waals surface area contributed by atoms with E-state index in [0.717, 1.165) is 11.1 Å². The van der Waals surface area contributed by atoms with Crippen LogP contribution in [0.25, 0.3) is 10.9 Å². The zero-order valence-electron chi connectivity index (χ0n) is 25.6. The Hall–Kier alpha value is -5.29. The number of hydrogen-bond acceptors (Lipinski definition) is 8. The molecule has 0 aliphatic carbocycles. The minimum absolute atomic E-state index is 0.0377. The highest BCUT2D eigenvalue weighted by atomic mass is 32.2. The lowest BCUT2D eigenvalue weighted by Crippen LogP contribution is -2.49. The first-order chi connectivity index (χ1) is 22.7. The zero-order chi connectivity index (χ0) is 32.4. The van der Waals surface area contributed by atoms with Gasteiger partial charge < -0.3 is 23.8 Å². The molecule has 3 aliphatic heterocycles. The number of carbonyl (C=O) groups is 2. The minimum atomic E-state index is -4.05. The number of hydrogen-bond donors (Lipinski definition) is 0. The molecule has 47 heavy (non-hydrogen) atoms. The van der Waals surface area contributed by atoms with E-state index < -0.39 is 34.1 Å². The van der Waals surface area contributed by atoms with Crippen molar-refractivity contribution in [2.24, 2.45) is 0 Å². The molecule has 0 radical (unpaired) electrons. The van der Waals surface area contributed by atoms with Gasteiger partial charge in [0.25, 0.3) is 10.0 Å². The SMILES string of the molecule is COC(=O)[C@@H]1Cc2cn(S(=O)(=O)c3ccc(C)cc3)c3ccc4c(c23)[C@@H](C(=O)N1Cc1ccccc1)[C@H](c1ccc2c(c1)OCO2)O4. The van der Waals surface area contributed by atoms with Gasteiger partial charge in [0.15, 0.2) is 11.5 Å². The predicted octanol–water partition coefficient (Wildman–Crippen LogP) is 5.26. The molecule has 5 aromatic rings. The first-order valence-corrected chi connectivity index (χ1v) is 16.7. The fraction of sp³-hybridized carbons (Fsp3) is 0.222. The normalized spacial score (nSPS) is 19.7. The van der Waals surface area contributed by atoms with Crippen molar-refractivity contribution in [2.75, 3.05) is 13.9 Å². The van der Waals surface area contributed by atoms with Crippen LogP contribution in [0.1, 0.15) is 39.8 Å². The Balaban J connectivity index is 1.36. The molecular weight excluding hydrogens is 620 g/mol. The number of amides is 1. The molecule has 0 fully saturated rings.